The lowest BCUT2D eigenvalue weighted by Gasteiger charge is -2.07. The minimum Gasteiger partial charge on any atom is -0.466 e. The summed E-state index contributed by atoms with van der Waals surface area (Å²) in [7, 11) is -3.54. The third-order valence-corrected chi connectivity index (χ3v) is 4.17. The molecule has 0 aromatic carbocycles. The molecule has 1 rings (SSSR count). The molecule has 0 bridgehead atoms. The summed E-state index contributed by atoms with van der Waals surface area (Å²) in [6.45, 7) is 3.29. The van der Waals surface area contributed by atoms with Crippen molar-refractivity contribution in [2.45, 2.75) is 25.2 Å². The fourth-order valence-electron chi connectivity index (χ4n) is 1.46. The Morgan fingerprint density at radius 2 is 2.06 bits per heavy atom. The number of hydrogen-bond acceptors (Lipinski definition) is 5. The van der Waals surface area contributed by atoms with Crippen molar-refractivity contribution in [1.82, 2.24) is 4.98 Å². The van der Waals surface area contributed by atoms with E-state index >= 15 is 0 Å². The van der Waals surface area contributed by atoms with E-state index in [1.165, 1.54) is 19.2 Å². The molecule has 0 aliphatic carbocycles. The number of ether oxygens (including phenoxy) is 1. The van der Waals surface area contributed by atoms with Gasteiger partial charge in [0.05, 0.1) is 23.7 Å². The number of pyridine rings is 1. The Hall–Kier alpha value is -1.63. The summed E-state index contributed by atoms with van der Waals surface area (Å²) in [5.41, 5.74) is -0.657. The highest BCUT2D eigenvalue weighted by atomic mass is 32.2. The number of esters is 1. The van der Waals surface area contributed by atoms with Crippen LogP contribution in [-0.4, -0.2) is 31.7 Å². The summed E-state index contributed by atoms with van der Waals surface area (Å²) in [5.74, 6) is -0.756. The molecule has 7 heteroatoms. The van der Waals surface area contributed by atoms with Gasteiger partial charge in [-0.2, -0.15) is 0 Å². The number of aromatic amines is 1. The number of aromatic nitrogens is 1. The summed E-state index contributed by atoms with van der Waals surface area (Å²) in [4.78, 5) is 25.2. The van der Waals surface area contributed by atoms with Crippen molar-refractivity contribution in [2.75, 3.05) is 12.4 Å². The minimum absolute atomic E-state index is 0.0715. The van der Waals surface area contributed by atoms with Crippen molar-refractivity contribution < 1.29 is 17.9 Å². The van der Waals surface area contributed by atoms with Crippen molar-refractivity contribution in [3.63, 3.8) is 0 Å². The van der Waals surface area contributed by atoms with Crippen LogP contribution in [0.2, 0.25) is 0 Å². The van der Waals surface area contributed by atoms with Gasteiger partial charge in [-0.3, -0.25) is 9.59 Å². The zero-order chi connectivity index (χ0) is 13.8. The molecular formula is C11H15NO5S. The number of carbonyl (C=O) groups excluding carboxylic acids is 1. The molecule has 0 saturated carbocycles. The molecule has 0 fully saturated rings. The highest BCUT2D eigenvalue weighted by molar-refractivity contribution is 7.91. The average Bonchev–Trinajstić information content (AvgIpc) is 2.32. The second-order valence-electron chi connectivity index (χ2n) is 3.53. The standard InChI is InChI=1S/C11H15NO5S/c1-3-17-10(13)7-8-9(18(15,16)4-2)5-6-12-11(8)14/h5-6H,3-4,7H2,1-2H3,(H,12,14). The Kier molecular flexibility index (Phi) is 4.66. The SMILES string of the molecule is CCOC(=O)Cc1c(S(=O)(=O)CC)cc[nH]c1=O. The monoisotopic (exact) mass is 273 g/mol. The third-order valence-electron chi connectivity index (χ3n) is 2.36. The quantitative estimate of drug-likeness (QED) is 0.777. The summed E-state index contributed by atoms with van der Waals surface area (Å²) in [6, 6.07) is 1.29. The van der Waals surface area contributed by atoms with E-state index in [1.807, 2.05) is 0 Å². The number of rotatable bonds is 5. The zero-order valence-corrected chi connectivity index (χ0v) is 11.0. The summed E-state index contributed by atoms with van der Waals surface area (Å²) >= 11 is 0. The van der Waals surface area contributed by atoms with E-state index in [1.54, 1.807) is 6.92 Å². The number of hydrogen-bond donors (Lipinski definition) is 1. The molecule has 1 aromatic rings. The maximum Gasteiger partial charge on any atom is 0.310 e. The van der Waals surface area contributed by atoms with E-state index < -0.39 is 21.4 Å². The topological polar surface area (TPSA) is 93.3 Å². The van der Waals surface area contributed by atoms with Crippen LogP contribution in [0, 0.1) is 0 Å². The number of H-pyrrole nitrogens is 1. The molecule has 0 saturated heterocycles. The Morgan fingerprint density at radius 1 is 1.39 bits per heavy atom. The lowest BCUT2D eigenvalue weighted by molar-refractivity contribution is -0.142. The first-order chi connectivity index (χ1) is 8.42. The van der Waals surface area contributed by atoms with E-state index in [0.717, 1.165) is 0 Å². The van der Waals surface area contributed by atoms with Crippen LogP contribution in [0.5, 0.6) is 0 Å². The maximum atomic E-state index is 11.8. The second kappa shape index (κ2) is 5.81. The third kappa shape index (κ3) is 3.19. The molecule has 0 amide bonds. The Morgan fingerprint density at radius 3 is 2.61 bits per heavy atom. The average molecular weight is 273 g/mol. The van der Waals surface area contributed by atoms with Gasteiger partial charge in [-0.05, 0) is 13.0 Å². The van der Waals surface area contributed by atoms with Gasteiger partial charge in [-0.1, -0.05) is 6.92 Å². The van der Waals surface area contributed by atoms with E-state index in [4.69, 9.17) is 4.74 Å². The predicted molar refractivity (Wildman–Crippen MR) is 65.1 cm³/mol. The van der Waals surface area contributed by atoms with Gasteiger partial charge in [0, 0.05) is 11.8 Å². The van der Waals surface area contributed by atoms with Crippen LogP contribution in [0.25, 0.3) is 0 Å². The van der Waals surface area contributed by atoms with E-state index in [2.05, 4.69) is 4.98 Å². The lowest BCUT2D eigenvalue weighted by atomic mass is 10.2. The van der Waals surface area contributed by atoms with Crippen LogP contribution in [0.1, 0.15) is 19.4 Å². The summed E-state index contributed by atoms with van der Waals surface area (Å²) in [5, 5.41) is 0. The van der Waals surface area contributed by atoms with Crippen molar-refractivity contribution in [1.29, 1.82) is 0 Å². The Balaban J connectivity index is 3.26. The van der Waals surface area contributed by atoms with E-state index in [9.17, 15) is 18.0 Å². The lowest BCUT2D eigenvalue weighted by Crippen LogP contribution is -2.22. The molecule has 100 valence electrons. The van der Waals surface area contributed by atoms with Gasteiger partial charge < -0.3 is 9.72 Å². The summed E-state index contributed by atoms with van der Waals surface area (Å²) in [6.07, 6.45) is 0.901. The van der Waals surface area contributed by atoms with Crippen molar-refractivity contribution in [2.24, 2.45) is 0 Å². The fourth-order valence-corrected chi connectivity index (χ4v) is 2.59. The van der Waals surface area contributed by atoms with Gasteiger partial charge in [0.1, 0.15) is 0 Å². The number of carbonyl (C=O) groups is 1. The van der Waals surface area contributed by atoms with Gasteiger partial charge in [0.15, 0.2) is 9.84 Å². The molecule has 1 aromatic heterocycles. The number of nitrogens with one attached hydrogen (secondary N) is 1. The molecular weight excluding hydrogens is 258 g/mol. The molecule has 0 unspecified atom stereocenters. The Labute approximate surface area is 105 Å². The molecule has 0 aliphatic heterocycles. The molecule has 0 spiro atoms. The Bertz CT molecular complexity index is 588. The minimum atomic E-state index is -3.54. The predicted octanol–water partition coefficient (Wildman–Crippen LogP) is 0.274. The highest BCUT2D eigenvalue weighted by Gasteiger charge is 2.21. The first-order valence-corrected chi connectivity index (χ1v) is 7.16. The maximum absolute atomic E-state index is 11.8. The van der Waals surface area contributed by atoms with Crippen molar-refractivity contribution in [3.8, 4) is 0 Å². The van der Waals surface area contributed by atoms with Crippen LogP contribution in [0.3, 0.4) is 0 Å². The molecule has 18 heavy (non-hydrogen) atoms. The van der Waals surface area contributed by atoms with E-state index in [0.29, 0.717) is 0 Å². The zero-order valence-electron chi connectivity index (χ0n) is 10.2. The first-order valence-electron chi connectivity index (χ1n) is 5.51. The van der Waals surface area contributed by atoms with Gasteiger partial charge in [-0.15, -0.1) is 0 Å². The fraction of sp³-hybridized carbons (Fsp3) is 0.455. The molecule has 0 radical (unpaired) electrons. The van der Waals surface area contributed by atoms with Gasteiger partial charge in [-0.25, -0.2) is 8.42 Å². The van der Waals surface area contributed by atoms with Gasteiger partial charge in [0.2, 0.25) is 0 Å². The highest BCUT2D eigenvalue weighted by Crippen LogP contribution is 2.14. The van der Waals surface area contributed by atoms with Crippen LogP contribution < -0.4 is 5.56 Å². The van der Waals surface area contributed by atoms with Crippen LogP contribution in [0.4, 0.5) is 0 Å². The van der Waals surface area contributed by atoms with Crippen LogP contribution in [0.15, 0.2) is 22.0 Å². The summed E-state index contributed by atoms with van der Waals surface area (Å²) < 4.78 is 28.3. The molecule has 0 atom stereocenters. The molecule has 6 nitrogen and oxygen atoms in total. The van der Waals surface area contributed by atoms with Crippen LogP contribution in [-0.2, 0) is 25.8 Å². The van der Waals surface area contributed by atoms with Crippen molar-refractivity contribution in [3.05, 3.63) is 28.2 Å². The molecule has 1 N–H and O–H groups in total. The largest absolute Gasteiger partial charge is 0.466 e. The van der Waals surface area contributed by atoms with Crippen LogP contribution >= 0.6 is 0 Å². The smallest absolute Gasteiger partial charge is 0.310 e. The number of sulfone groups is 1. The van der Waals surface area contributed by atoms with Gasteiger partial charge >= 0.3 is 5.97 Å². The first kappa shape index (κ1) is 14.4. The van der Waals surface area contributed by atoms with Gasteiger partial charge in [0.25, 0.3) is 5.56 Å². The second-order valence-corrected chi connectivity index (χ2v) is 5.78. The van der Waals surface area contributed by atoms with Crippen molar-refractivity contribution >= 4 is 15.8 Å². The molecule has 0 aliphatic rings. The molecule has 1 heterocycles. The normalized spacial score (nSPS) is 11.2. The van der Waals surface area contributed by atoms with E-state index in [-0.39, 0.29) is 29.2 Å².